The Bertz CT molecular complexity index is 291. The van der Waals surface area contributed by atoms with E-state index in [1.807, 2.05) is 30.3 Å². The van der Waals surface area contributed by atoms with E-state index in [1.54, 1.807) is 0 Å². The van der Waals surface area contributed by atoms with Gasteiger partial charge in [-0.3, -0.25) is 0 Å². The molecular weight excluding hydrogens is 167 g/mol. The van der Waals surface area contributed by atoms with E-state index in [2.05, 4.69) is 41.5 Å². The molecule has 0 N–H and O–H groups in total. The van der Waals surface area contributed by atoms with Crippen LogP contribution in [0.4, 0.5) is 5.69 Å². The minimum absolute atomic E-state index is 1.01. The van der Waals surface area contributed by atoms with E-state index in [0.29, 0.717) is 0 Å². The molecule has 0 saturated heterocycles. The molecule has 0 amide bonds. The molecule has 0 aromatic heterocycles. The van der Waals surface area contributed by atoms with Crippen LogP contribution in [0.25, 0.3) is 0 Å². The fraction of sp³-hybridized carbons (Fsp3) is 0.364. The summed E-state index contributed by atoms with van der Waals surface area (Å²) in [7, 11) is 0. The molecule has 0 aliphatic carbocycles. The molecule has 0 spiro atoms. The number of para-hydroxylation sites is 1. The van der Waals surface area contributed by atoms with E-state index in [-0.39, 0.29) is 0 Å². The van der Waals surface area contributed by atoms with Crippen LogP contribution in [-0.4, -0.2) is 40.2 Å². The van der Waals surface area contributed by atoms with Gasteiger partial charge in [0.05, 0.1) is 0 Å². The van der Waals surface area contributed by atoms with Crippen LogP contribution in [0, 0.1) is 0 Å². The van der Waals surface area contributed by atoms with Gasteiger partial charge in [0.25, 0.3) is 0 Å². The van der Waals surface area contributed by atoms with Crippen molar-refractivity contribution in [1.29, 1.82) is 0 Å². The molecule has 1 rings (SSSR count). The van der Waals surface area contributed by atoms with Crippen molar-refractivity contribution in [1.82, 2.24) is 4.90 Å². The maximum atomic E-state index is 4.54. The summed E-state index contributed by atoms with van der Waals surface area (Å²) in [6.45, 7) is 6.32. The van der Waals surface area contributed by atoms with E-state index < -0.39 is 0 Å². The van der Waals surface area contributed by atoms with Gasteiger partial charge < -0.3 is 0 Å². The van der Waals surface area contributed by atoms with Crippen LogP contribution >= 0.6 is 0 Å². The van der Waals surface area contributed by atoms with Gasteiger partial charge >= 0.3 is 95.1 Å². The van der Waals surface area contributed by atoms with Crippen molar-refractivity contribution in [2.75, 3.05) is 13.1 Å². The zero-order chi connectivity index (χ0) is 10.4. The van der Waals surface area contributed by atoms with Crippen molar-refractivity contribution in [3.8, 4) is 0 Å². The summed E-state index contributed by atoms with van der Waals surface area (Å²) in [5, 5.41) is 0. The van der Waals surface area contributed by atoms with Crippen LogP contribution in [0.2, 0.25) is 0 Å². The molecule has 0 aliphatic heterocycles. The molecule has 0 bridgehead atoms. The van der Waals surface area contributed by atoms with Crippen LogP contribution < -0.4 is 0 Å². The Balaban J connectivity index is 2.77. The van der Waals surface area contributed by atoms with Crippen molar-refractivity contribution in [2.45, 2.75) is 13.8 Å². The van der Waals surface area contributed by atoms with E-state index in [0.717, 1.165) is 23.3 Å². The van der Waals surface area contributed by atoms with Crippen molar-refractivity contribution >= 4 is 27.9 Å². The second kappa shape index (κ2) is 5.90. The summed E-state index contributed by atoms with van der Waals surface area (Å²) in [6.07, 6.45) is 0. The predicted octanol–water partition coefficient (Wildman–Crippen LogP) is 2.18. The van der Waals surface area contributed by atoms with Gasteiger partial charge in [0.15, 0.2) is 0 Å². The fourth-order valence-corrected chi connectivity index (χ4v) is 1.44. The molecule has 1 aromatic carbocycles. The first kappa shape index (κ1) is 11.4. The number of amidine groups is 1. The van der Waals surface area contributed by atoms with E-state index in [9.17, 15) is 0 Å². The number of rotatable bonds is 3. The zero-order valence-corrected chi connectivity index (χ0v) is 9.20. The Hall–Kier alpha value is -0.713. The molecule has 0 aliphatic rings. The van der Waals surface area contributed by atoms with E-state index in [1.165, 1.54) is 0 Å². The van der Waals surface area contributed by atoms with Crippen molar-refractivity contribution < 1.29 is 0 Å². The van der Waals surface area contributed by atoms with Crippen LogP contribution in [0.1, 0.15) is 13.8 Å². The first-order chi connectivity index (χ1) is 6.77. The summed E-state index contributed by atoms with van der Waals surface area (Å²) in [6, 6.07) is 10.1. The van der Waals surface area contributed by atoms with Crippen molar-refractivity contribution in [2.24, 2.45) is 4.99 Å². The van der Waals surface area contributed by atoms with Crippen LogP contribution in [-0.2, 0) is 0 Å². The van der Waals surface area contributed by atoms with E-state index >= 15 is 0 Å². The van der Waals surface area contributed by atoms with Gasteiger partial charge in [0.1, 0.15) is 0 Å². The first-order valence-corrected chi connectivity index (χ1v) is 5.13. The molecule has 0 atom stereocenters. The molecule has 2 nitrogen and oxygen atoms in total. The summed E-state index contributed by atoms with van der Waals surface area (Å²) in [5.74, 6) is 0. The number of hydrogen-bond donors (Lipinski definition) is 0. The third kappa shape index (κ3) is 3.21. The number of hydrogen-bond acceptors (Lipinski definition) is 1. The third-order valence-corrected chi connectivity index (χ3v) is 2.27. The molecule has 14 heavy (non-hydrogen) atoms. The summed E-state index contributed by atoms with van der Waals surface area (Å²) >= 11 is 2.06. The molecule has 3 heteroatoms. The zero-order valence-electron chi connectivity index (χ0n) is 9.20. The predicted molar refractivity (Wildman–Crippen MR) is 62.2 cm³/mol. The van der Waals surface area contributed by atoms with Crippen LogP contribution in [0.3, 0.4) is 0 Å². The quantitative estimate of drug-likeness (QED) is 0.397. The molecule has 0 saturated carbocycles. The Kier molecular flexibility index (Phi) is 4.79. The monoisotopic (exact) mass is 182 g/mol. The van der Waals surface area contributed by atoms with Crippen LogP contribution in [0.15, 0.2) is 35.3 Å². The average molecular weight is 182 g/mol. The molecule has 70 valence electrons. The van der Waals surface area contributed by atoms with Gasteiger partial charge in [-0.2, -0.15) is 0 Å². The van der Waals surface area contributed by atoms with Gasteiger partial charge in [-0.15, -0.1) is 0 Å². The van der Waals surface area contributed by atoms with Gasteiger partial charge in [0.2, 0.25) is 0 Å². The minimum atomic E-state index is 1.01. The molecule has 0 unspecified atom stereocenters. The second-order valence-electron chi connectivity index (χ2n) is 3.17. The molecular formula is C11H15LiN2. The van der Waals surface area contributed by atoms with Crippen LogP contribution in [0.5, 0.6) is 0 Å². The number of benzene rings is 1. The Labute approximate surface area is 95.2 Å². The maximum absolute atomic E-state index is 4.54. The Morgan fingerprint density at radius 3 is 2.29 bits per heavy atom. The second-order valence-corrected chi connectivity index (χ2v) is 3.17. The summed E-state index contributed by atoms with van der Waals surface area (Å²) < 4.78 is 1.08. The first-order valence-electron chi connectivity index (χ1n) is 5.13. The van der Waals surface area contributed by atoms with Gasteiger partial charge in [-0.05, 0) is 0 Å². The molecule has 0 heterocycles. The standard InChI is InChI=1S/C11H15N2.Li/c1-3-13(4-2)10-12-11-8-6-5-7-9-11;/h5-9H,3-4H2,1-2H3;. The van der Waals surface area contributed by atoms with Crippen molar-refractivity contribution in [3.63, 3.8) is 0 Å². The number of aliphatic imine (C=N–C) groups is 1. The van der Waals surface area contributed by atoms with Gasteiger partial charge in [-0.1, -0.05) is 0 Å². The Morgan fingerprint density at radius 2 is 1.79 bits per heavy atom. The fourth-order valence-electron chi connectivity index (χ4n) is 1.44. The molecule has 0 radical (unpaired) electrons. The third-order valence-electron chi connectivity index (χ3n) is 2.27. The van der Waals surface area contributed by atoms with E-state index in [4.69, 9.17) is 0 Å². The molecule has 1 aromatic rings. The summed E-state index contributed by atoms with van der Waals surface area (Å²) in [4.78, 5) is 6.79. The average Bonchev–Trinajstić information content (AvgIpc) is 2.21. The summed E-state index contributed by atoms with van der Waals surface area (Å²) in [5.41, 5.74) is 1.02. The SMILES string of the molecule is [Li][C](=Nc1ccccc1)N(CC)CC. The number of nitrogens with zero attached hydrogens (tertiary/aromatic N) is 2. The normalized spacial score (nSPS) is 11.6. The topological polar surface area (TPSA) is 15.6 Å². The van der Waals surface area contributed by atoms with Crippen molar-refractivity contribution in [3.05, 3.63) is 30.3 Å². The van der Waals surface area contributed by atoms with Gasteiger partial charge in [0, 0.05) is 0 Å². The Morgan fingerprint density at radius 1 is 1.21 bits per heavy atom. The van der Waals surface area contributed by atoms with Gasteiger partial charge in [-0.25, -0.2) is 0 Å². The molecule has 0 fully saturated rings.